The lowest BCUT2D eigenvalue weighted by Crippen LogP contribution is -2.48. The van der Waals surface area contributed by atoms with Gasteiger partial charge in [0.15, 0.2) is 0 Å². The van der Waals surface area contributed by atoms with Crippen LogP contribution in [0.5, 0.6) is 11.5 Å². The summed E-state index contributed by atoms with van der Waals surface area (Å²) >= 11 is 5.95. The van der Waals surface area contributed by atoms with Crippen LogP contribution >= 0.6 is 11.6 Å². The van der Waals surface area contributed by atoms with Crippen LogP contribution in [-0.2, 0) is 10.0 Å². The van der Waals surface area contributed by atoms with Gasteiger partial charge in [0.25, 0.3) is 0 Å². The minimum absolute atomic E-state index is 0.105. The summed E-state index contributed by atoms with van der Waals surface area (Å²) in [5.74, 6) is 0.799. The van der Waals surface area contributed by atoms with Gasteiger partial charge in [-0.05, 0) is 36.4 Å². The average Bonchev–Trinajstić information content (AvgIpc) is 2.74. The van der Waals surface area contributed by atoms with Crippen LogP contribution in [0, 0.1) is 0 Å². The number of rotatable bonds is 8. The first-order valence-corrected chi connectivity index (χ1v) is 11.2. The lowest BCUT2D eigenvalue weighted by Gasteiger charge is -2.36. The minimum atomic E-state index is -3.67. The van der Waals surface area contributed by atoms with Gasteiger partial charge in [0.2, 0.25) is 10.0 Å². The predicted molar refractivity (Wildman–Crippen MR) is 115 cm³/mol. The van der Waals surface area contributed by atoms with E-state index in [0.717, 1.165) is 36.9 Å². The Kier molecular flexibility index (Phi) is 7.23. The van der Waals surface area contributed by atoms with E-state index in [2.05, 4.69) is 14.5 Å². The number of nitrogens with zero attached hydrogens (tertiary/aromatic N) is 2. The van der Waals surface area contributed by atoms with Crippen LogP contribution in [-0.4, -0.2) is 66.8 Å². The normalized spacial score (nSPS) is 15.3. The second-order valence-electron chi connectivity index (χ2n) is 6.72. The Bertz CT molecular complexity index is 914. The lowest BCUT2D eigenvalue weighted by molar-refractivity contribution is 0.262. The van der Waals surface area contributed by atoms with Crippen LogP contribution in [0.1, 0.15) is 0 Å². The summed E-state index contributed by atoms with van der Waals surface area (Å²) in [6.07, 6.45) is 0. The van der Waals surface area contributed by atoms with Gasteiger partial charge in [-0.1, -0.05) is 11.6 Å². The van der Waals surface area contributed by atoms with E-state index in [4.69, 9.17) is 21.1 Å². The standard InChI is InChI=1S/C20H26ClN3O4S/c1-27-18-7-8-20(19(15-18)28-2)29(25,26)22-9-10-23-11-13-24(14-12-23)17-5-3-16(21)4-6-17/h3-8,15,22H,9-14H2,1-2H3. The molecule has 0 radical (unpaired) electrons. The predicted octanol–water partition coefficient (Wildman–Crippen LogP) is 2.46. The molecule has 1 N–H and O–H groups in total. The Morgan fingerprint density at radius 3 is 2.31 bits per heavy atom. The van der Waals surface area contributed by atoms with Crippen molar-refractivity contribution in [3.8, 4) is 11.5 Å². The number of nitrogens with one attached hydrogen (secondary N) is 1. The molecule has 0 unspecified atom stereocenters. The van der Waals surface area contributed by atoms with E-state index in [0.29, 0.717) is 18.8 Å². The molecule has 1 aliphatic rings. The summed E-state index contributed by atoms with van der Waals surface area (Å²) in [4.78, 5) is 4.66. The Morgan fingerprint density at radius 2 is 1.69 bits per heavy atom. The van der Waals surface area contributed by atoms with Crippen molar-refractivity contribution >= 4 is 27.3 Å². The summed E-state index contributed by atoms with van der Waals surface area (Å²) in [5.41, 5.74) is 1.15. The second-order valence-corrected chi connectivity index (χ2v) is 8.89. The van der Waals surface area contributed by atoms with Crippen LogP contribution < -0.4 is 19.1 Å². The van der Waals surface area contributed by atoms with Gasteiger partial charge < -0.3 is 14.4 Å². The van der Waals surface area contributed by atoms with Crippen molar-refractivity contribution in [2.45, 2.75) is 4.90 Å². The number of halogens is 1. The maximum absolute atomic E-state index is 12.6. The van der Waals surface area contributed by atoms with Crippen molar-refractivity contribution in [1.82, 2.24) is 9.62 Å². The van der Waals surface area contributed by atoms with E-state index in [1.807, 2.05) is 24.3 Å². The molecule has 9 heteroatoms. The first-order valence-electron chi connectivity index (χ1n) is 9.37. The highest BCUT2D eigenvalue weighted by Gasteiger charge is 2.21. The number of sulfonamides is 1. The van der Waals surface area contributed by atoms with Crippen LogP contribution in [0.3, 0.4) is 0 Å². The Labute approximate surface area is 177 Å². The highest BCUT2D eigenvalue weighted by Crippen LogP contribution is 2.28. The van der Waals surface area contributed by atoms with Crippen molar-refractivity contribution in [3.63, 3.8) is 0 Å². The number of piperazine rings is 1. The number of hydrogen-bond donors (Lipinski definition) is 1. The van der Waals surface area contributed by atoms with Crippen LogP contribution in [0.2, 0.25) is 5.02 Å². The number of ether oxygens (including phenoxy) is 2. The molecule has 0 spiro atoms. The first kappa shape index (κ1) is 21.7. The fourth-order valence-electron chi connectivity index (χ4n) is 3.29. The molecule has 0 atom stereocenters. The Morgan fingerprint density at radius 1 is 1.00 bits per heavy atom. The number of anilines is 1. The van der Waals surface area contributed by atoms with Gasteiger partial charge in [-0.15, -0.1) is 0 Å². The number of hydrogen-bond acceptors (Lipinski definition) is 6. The van der Waals surface area contributed by atoms with Crippen molar-refractivity contribution in [2.24, 2.45) is 0 Å². The smallest absolute Gasteiger partial charge is 0.244 e. The molecular weight excluding hydrogens is 414 g/mol. The SMILES string of the molecule is COc1ccc(S(=O)(=O)NCCN2CCN(c3ccc(Cl)cc3)CC2)c(OC)c1. The fourth-order valence-corrected chi connectivity index (χ4v) is 4.59. The maximum Gasteiger partial charge on any atom is 0.244 e. The van der Waals surface area contributed by atoms with Gasteiger partial charge in [0.05, 0.1) is 14.2 Å². The lowest BCUT2D eigenvalue weighted by atomic mass is 10.2. The van der Waals surface area contributed by atoms with Gasteiger partial charge in [-0.25, -0.2) is 13.1 Å². The molecule has 7 nitrogen and oxygen atoms in total. The van der Waals surface area contributed by atoms with Crippen molar-refractivity contribution in [2.75, 3.05) is 58.4 Å². The molecule has 1 saturated heterocycles. The highest BCUT2D eigenvalue weighted by molar-refractivity contribution is 7.89. The van der Waals surface area contributed by atoms with E-state index in [1.54, 1.807) is 12.1 Å². The number of methoxy groups -OCH3 is 2. The average molecular weight is 440 g/mol. The van der Waals surface area contributed by atoms with E-state index in [-0.39, 0.29) is 10.6 Å². The van der Waals surface area contributed by atoms with E-state index >= 15 is 0 Å². The topological polar surface area (TPSA) is 71.1 Å². The second kappa shape index (κ2) is 9.67. The molecule has 1 fully saturated rings. The third kappa shape index (κ3) is 5.54. The fraction of sp³-hybridized carbons (Fsp3) is 0.400. The zero-order valence-electron chi connectivity index (χ0n) is 16.6. The quantitative estimate of drug-likeness (QED) is 0.681. The van der Waals surface area contributed by atoms with Gasteiger partial charge in [0.1, 0.15) is 16.4 Å². The molecule has 158 valence electrons. The monoisotopic (exact) mass is 439 g/mol. The van der Waals surface area contributed by atoms with Crippen LogP contribution in [0.4, 0.5) is 5.69 Å². The van der Waals surface area contributed by atoms with Gasteiger partial charge in [0, 0.05) is 56.0 Å². The number of benzene rings is 2. The summed E-state index contributed by atoms with van der Waals surface area (Å²) < 4.78 is 38.3. The minimum Gasteiger partial charge on any atom is -0.497 e. The Hall–Kier alpha value is -2.00. The molecule has 1 heterocycles. The Balaban J connectivity index is 1.51. The molecule has 0 aromatic heterocycles. The van der Waals surface area contributed by atoms with Crippen molar-refractivity contribution in [1.29, 1.82) is 0 Å². The van der Waals surface area contributed by atoms with Crippen molar-refractivity contribution in [3.05, 3.63) is 47.5 Å². The summed E-state index contributed by atoms with van der Waals surface area (Å²) in [5, 5.41) is 0.730. The van der Waals surface area contributed by atoms with Gasteiger partial charge >= 0.3 is 0 Å². The molecule has 0 aliphatic carbocycles. The third-order valence-corrected chi connectivity index (χ3v) is 6.70. The van der Waals surface area contributed by atoms with Crippen molar-refractivity contribution < 1.29 is 17.9 Å². The van der Waals surface area contributed by atoms with Gasteiger partial charge in [-0.2, -0.15) is 0 Å². The molecule has 0 saturated carbocycles. The molecule has 2 aromatic carbocycles. The van der Waals surface area contributed by atoms with Gasteiger partial charge in [-0.3, -0.25) is 4.90 Å². The molecule has 3 rings (SSSR count). The van der Waals surface area contributed by atoms with E-state index < -0.39 is 10.0 Å². The molecule has 2 aromatic rings. The zero-order valence-corrected chi connectivity index (χ0v) is 18.2. The first-order chi connectivity index (χ1) is 13.9. The molecule has 1 aliphatic heterocycles. The summed E-state index contributed by atoms with van der Waals surface area (Å²) in [6.45, 7) is 4.50. The third-order valence-electron chi connectivity index (χ3n) is 4.94. The van der Waals surface area contributed by atoms with Crippen LogP contribution in [0.15, 0.2) is 47.4 Å². The van der Waals surface area contributed by atoms with E-state index in [9.17, 15) is 8.42 Å². The molecule has 0 amide bonds. The molecule has 0 bridgehead atoms. The molecule has 29 heavy (non-hydrogen) atoms. The highest BCUT2D eigenvalue weighted by atomic mass is 35.5. The summed E-state index contributed by atoms with van der Waals surface area (Å²) in [6, 6.07) is 12.5. The maximum atomic E-state index is 12.6. The zero-order chi connectivity index (χ0) is 20.9. The van der Waals surface area contributed by atoms with Crippen LogP contribution in [0.25, 0.3) is 0 Å². The van der Waals surface area contributed by atoms with E-state index in [1.165, 1.54) is 20.3 Å². The molecular formula is C20H26ClN3O4S. The summed E-state index contributed by atoms with van der Waals surface area (Å²) in [7, 11) is -0.707. The largest absolute Gasteiger partial charge is 0.497 e.